The number of rotatable bonds is 4. The number of thioether (sulfide) groups is 1. The third-order valence-electron chi connectivity index (χ3n) is 3.58. The first-order valence-corrected chi connectivity index (χ1v) is 7.82. The normalized spacial score (nSPS) is 18.9. The molecule has 1 aromatic carbocycles. The van der Waals surface area contributed by atoms with Crippen LogP contribution in [0.3, 0.4) is 0 Å². The van der Waals surface area contributed by atoms with Gasteiger partial charge >= 0.3 is 0 Å². The second-order valence-corrected chi connectivity index (χ2v) is 6.06. The fraction of sp³-hybridized carbons (Fsp3) is 0.429. The number of piperazine rings is 1. The topological polar surface area (TPSA) is 54.2 Å². The molecule has 9 heteroatoms. The third-order valence-corrected chi connectivity index (χ3v) is 4.37. The second-order valence-electron chi connectivity index (χ2n) is 5.03. The average Bonchev–Trinajstić information content (AvgIpc) is 2.97. The lowest BCUT2D eigenvalue weighted by Crippen LogP contribution is -2.44. The minimum absolute atomic E-state index is 0. The van der Waals surface area contributed by atoms with E-state index in [4.69, 9.17) is 4.52 Å². The summed E-state index contributed by atoms with van der Waals surface area (Å²) in [6.45, 7) is 2.56. The number of alkyl halides is 2. The Hall–Kier alpha value is -1.22. The predicted octanol–water partition coefficient (Wildman–Crippen LogP) is 3.05. The van der Waals surface area contributed by atoms with E-state index in [2.05, 4.69) is 20.4 Å². The van der Waals surface area contributed by atoms with Crippen LogP contribution in [0, 0.1) is 0 Å². The van der Waals surface area contributed by atoms with E-state index in [0.717, 1.165) is 19.6 Å². The van der Waals surface area contributed by atoms with Crippen molar-refractivity contribution in [1.29, 1.82) is 0 Å². The highest BCUT2D eigenvalue weighted by Crippen LogP contribution is 2.34. The van der Waals surface area contributed by atoms with Crippen molar-refractivity contribution in [1.82, 2.24) is 20.4 Å². The van der Waals surface area contributed by atoms with Crippen molar-refractivity contribution < 1.29 is 13.3 Å². The fourth-order valence-electron chi connectivity index (χ4n) is 2.42. The van der Waals surface area contributed by atoms with Crippen LogP contribution in [0.4, 0.5) is 8.78 Å². The number of hydrogen-bond donors (Lipinski definition) is 1. The van der Waals surface area contributed by atoms with E-state index in [1.165, 1.54) is 0 Å². The van der Waals surface area contributed by atoms with E-state index in [9.17, 15) is 8.78 Å². The molecular weight excluding hydrogens is 346 g/mol. The molecule has 1 saturated heterocycles. The van der Waals surface area contributed by atoms with Crippen LogP contribution >= 0.6 is 24.2 Å². The van der Waals surface area contributed by atoms with Crippen LogP contribution in [0.25, 0.3) is 11.5 Å². The van der Waals surface area contributed by atoms with Gasteiger partial charge in [-0.15, -0.1) is 12.4 Å². The van der Waals surface area contributed by atoms with Gasteiger partial charge in [0.15, 0.2) is 5.82 Å². The lowest BCUT2D eigenvalue weighted by Gasteiger charge is -2.30. The van der Waals surface area contributed by atoms with Gasteiger partial charge in [0, 0.05) is 24.5 Å². The summed E-state index contributed by atoms with van der Waals surface area (Å²) < 4.78 is 30.6. The fourth-order valence-corrected chi connectivity index (χ4v) is 3.05. The molecule has 126 valence electrons. The molecule has 23 heavy (non-hydrogen) atoms. The zero-order valence-corrected chi connectivity index (χ0v) is 14.0. The van der Waals surface area contributed by atoms with Crippen molar-refractivity contribution in [2.45, 2.75) is 16.7 Å². The summed E-state index contributed by atoms with van der Waals surface area (Å²) in [5, 5.41) is 7.31. The standard InChI is InChI=1S/C14H16F2N4OS.ClH/c1-20-7-6-17-8-10(20)12-18-13(21-19-12)9-4-2-3-5-11(9)22-14(15)16;/h2-5,10,14,17H,6-8H2,1H3;1H. The van der Waals surface area contributed by atoms with E-state index in [0.29, 0.717) is 28.0 Å². The molecule has 0 saturated carbocycles. The Morgan fingerprint density at radius 3 is 2.91 bits per heavy atom. The van der Waals surface area contributed by atoms with Gasteiger partial charge in [-0.3, -0.25) is 4.90 Å². The minimum atomic E-state index is -2.49. The average molecular weight is 363 g/mol. The molecule has 1 fully saturated rings. The van der Waals surface area contributed by atoms with Crippen molar-refractivity contribution in [3.8, 4) is 11.5 Å². The first-order chi connectivity index (χ1) is 10.6. The van der Waals surface area contributed by atoms with Crippen LogP contribution in [-0.4, -0.2) is 47.5 Å². The van der Waals surface area contributed by atoms with Crippen LogP contribution in [0.1, 0.15) is 11.9 Å². The van der Waals surface area contributed by atoms with E-state index in [1.54, 1.807) is 24.3 Å². The van der Waals surface area contributed by atoms with Crippen LogP contribution < -0.4 is 5.32 Å². The highest BCUT2D eigenvalue weighted by atomic mass is 35.5. The minimum Gasteiger partial charge on any atom is -0.334 e. The summed E-state index contributed by atoms with van der Waals surface area (Å²) in [7, 11) is 2.00. The number of hydrogen-bond acceptors (Lipinski definition) is 6. The molecule has 1 atom stereocenters. The molecule has 0 radical (unpaired) electrons. The van der Waals surface area contributed by atoms with Crippen molar-refractivity contribution >= 4 is 24.2 Å². The molecule has 1 aliphatic rings. The van der Waals surface area contributed by atoms with E-state index in [1.807, 2.05) is 7.05 Å². The number of benzene rings is 1. The molecule has 0 bridgehead atoms. The number of nitrogens with zero attached hydrogens (tertiary/aromatic N) is 3. The molecule has 1 aliphatic heterocycles. The first kappa shape index (κ1) is 18.1. The Kier molecular flexibility index (Phi) is 6.34. The van der Waals surface area contributed by atoms with Gasteiger partial charge < -0.3 is 9.84 Å². The quantitative estimate of drug-likeness (QED) is 0.844. The van der Waals surface area contributed by atoms with Crippen molar-refractivity contribution in [2.75, 3.05) is 26.7 Å². The maximum atomic E-state index is 12.6. The zero-order chi connectivity index (χ0) is 15.5. The molecular formula is C14H17ClF2N4OS. The lowest BCUT2D eigenvalue weighted by atomic mass is 10.2. The first-order valence-electron chi connectivity index (χ1n) is 6.94. The molecule has 5 nitrogen and oxygen atoms in total. The predicted molar refractivity (Wildman–Crippen MR) is 87.1 cm³/mol. The Bertz CT molecular complexity index is 643. The van der Waals surface area contributed by atoms with Crippen LogP contribution in [0.2, 0.25) is 0 Å². The summed E-state index contributed by atoms with van der Waals surface area (Å²) in [6, 6.07) is 6.85. The number of likely N-dealkylation sites (N-methyl/N-ethyl adjacent to an activating group) is 1. The van der Waals surface area contributed by atoms with Gasteiger partial charge in [0.2, 0.25) is 0 Å². The van der Waals surface area contributed by atoms with Gasteiger partial charge in [0.05, 0.1) is 11.6 Å². The van der Waals surface area contributed by atoms with Crippen molar-refractivity contribution in [3.05, 3.63) is 30.1 Å². The van der Waals surface area contributed by atoms with E-state index < -0.39 is 5.76 Å². The van der Waals surface area contributed by atoms with Crippen LogP contribution in [0.15, 0.2) is 33.7 Å². The maximum absolute atomic E-state index is 12.6. The number of halogens is 3. The number of aromatic nitrogens is 2. The summed E-state index contributed by atoms with van der Waals surface area (Å²) >= 11 is 0.481. The zero-order valence-electron chi connectivity index (χ0n) is 12.4. The summed E-state index contributed by atoms with van der Waals surface area (Å²) in [6.07, 6.45) is 0. The lowest BCUT2D eigenvalue weighted by molar-refractivity contribution is 0.190. The van der Waals surface area contributed by atoms with Gasteiger partial charge in [-0.25, -0.2) is 0 Å². The third kappa shape index (κ3) is 4.20. The molecule has 2 heterocycles. The van der Waals surface area contributed by atoms with Crippen molar-refractivity contribution in [2.24, 2.45) is 0 Å². The Morgan fingerprint density at radius 2 is 2.17 bits per heavy atom. The maximum Gasteiger partial charge on any atom is 0.288 e. The molecule has 1 N–H and O–H groups in total. The smallest absolute Gasteiger partial charge is 0.288 e. The van der Waals surface area contributed by atoms with Gasteiger partial charge in [-0.2, -0.15) is 13.8 Å². The van der Waals surface area contributed by atoms with E-state index >= 15 is 0 Å². The molecule has 3 rings (SSSR count). The molecule has 2 aromatic rings. The van der Waals surface area contributed by atoms with Gasteiger partial charge in [0.25, 0.3) is 11.6 Å². The Morgan fingerprint density at radius 1 is 1.39 bits per heavy atom. The van der Waals surface area contributed by atoms with E-state index in [-0.39, 0.29) is 24.3 Å². The molecule has 0 aliphatic carbocycles. The van der Waals surface area contributed by atoms with Crippen molar-refractivity contribution in [3.63, 3.8) is 0 Å². The molecule has 0 spiro atoms. The molecule has 0 amide bonds. The van der Waals surface area contributed by atoms with Crippen LogP contribution in [-0.2, 0) is 0 Å². The monoisotopic (exact) mass is 362 g/mol. The van der Waals surface area contributed by atoms with Crippen LogP contribution in [0.5, 0.6) is 0 Å². The van der Waals surface area contributed by atoms with Gasteiger partial charge in [-0.1, -0.05) is 29.1 Å². The number of nitrogens with one attached hydrogen (secondary N) is 1. The molecule has 1 aromatic heterocycles. The highest BCUT2D eigenvalue weighted by Gasteiger charge is 2.26. The largest absolute Gasteiger partial charge is 0.334 e. The summed E-state index contributed by atoms with van der Waals surface area (Å²) in [5.41, 5.74) is 0.540. The second kappa shape index (κ2) is 8.05. The summed E-state index contributed by atoms with van der Waals surface area (Å²) in [5.74, 6) is -1.64. The Balaban J connectivity index is 0.00000192. The molecule has 1 unspecified atom stereocenters. The van der Waals surface area contributed by atoms with Gasteiger partial charge in [0.1, 0.15) is 0 Å². The highest BCUT2D eigenvalue weighted by molar-refractivity contribution is 7.99. The Labute approximate surface area is 143 Å². The van der Waals surface area contributed by atoms with Gasteiger partial charge in [-0.05, 0) is 19.2 Å². The summed E-state index contributed by atoms with van der Waals surface area (Å²) in [4.78, 5) is 6.98. The SMILES string of the molecule is CN1CCNCC1c1noc(-c2ccccc2SC(F)F)n1.Cl.